The van der Waals surface area contributed by atoms with Crippen LogP contribution in [0.5, 0.6) is 0 Å². The average Bonchev–Trinajstić information content (AvgIpc) is 2.73. The third-order valence-corrected chi connectivity index (χ3v) is 7.52. The van der Waals surface area contributed by atoms with Crippen LogP contribution in [0, 0.1) is 5.92 Å². The molecule has 0 heterocycles. The van der Waals surface area contributed by atoms with Crippen LogP contribution in [0.2, 0.25) is 0 Å². The molecule has 2 atom stereocenters. The molecule has 170 valence electrons. The zero-order chi connectivity index (χ0) is 22.4. The highest BCUT2D eigenvalue weighted by Crippen LogP contribution is 2.26. The van der Waals surface area contributed by atoms with Crippen LogP contribution in [0.3, 0.4) is 0 Å². The number of rotatable bonds is 14. The van der Waals surface area contributed by atoms with E-state index in [0.717, 1.165) is 32.4 Å². The monoisotopic (exact) mass is 437 g/mol. The summed E-state index contributed by atoms with van der Waals surface area (Å²) in [4.78, 5) is 14.5. The first kappa shape index (κ1) is 26.2. The first-order chi connectivity index (χ1) is 14.4. The number of sulfone groups is 1. The molecule has 1 rings (SSSR count). The minimum Gasteiger partial charge on any atom is -0.462 e. The van der Waals surface area contributed by atoms with Crippen molar-refractivity contribution >= 4 is 15.8 Å². The molecule has 0 radical (unpaired) electrons. The van der Waals surface area contributed by atoms with Gasteiger partial charge in [-0.25, -0.2) is 13.2 Å². The lowest BCUT2D eigenvalue weighted by atomic mass is 10.0. The number of nitrogens with zero attached hydrogens (tertiary/aromatic N) is 1. The highest BCUT2D eigenvalue weighted by Gasteiger charge is 2.36. The Morgan fingerprint density at radius 3 is 2.27 bits per heavy atom. The van der Waals surface area contributed by atoms with Gasteiger partial charge in [-0.15, -0.1) is 0 Å². The first-order valence-electron chi connectivity index (χ1n) is 11.3. The van der Waals surface area contributed by atoms with E-state index in [9.17, 15) is 13.2 Å². The third kappa shape index (κ3) is 8.50. The molecule has 1 aliphatic carbocycles. The lowest BCUT2D eigenvalue weighted by Gasteiger charge is -2.21. The van der Waals surface area contributed by atoms with Crippen molar-refractivity contribution in [1.29, 1.82) is 0 Å². The molecule has 2 unspecified atom stereocenters. The molecular weight excluding hydrogens is 398 g/mol. The summed E-state index contributed by atoms with van der Waals surface area (Å²) in [7, 11) is -3.86. The first-order valence-corrected chi connectivity index (χ1v) is 12.8. The van der Waals surface area contributed by atoms with E-state index >= 15 is 0 Å². The Hall–Kier alpha value is -1.82. The summed E-state index contributed by atoms with van der Waals surface area (Å²) in [6.45, 7) is 9.90. The maximum Gasteiger partial charge on any atom is 0.349 e. The van der Waals surface area contributed by atoms with Crippen molar-refractivity contribution in [2.75, 3.05) is 19.7 Å². The Balaban J connectivity index is 2.91. The molecule has 0 fully saturated rings. The van der Waals surface area contributed by atoms with E-state index in [-0.39, 0.29) is 17.4 Å². The van der Waals surface area contributed by atoms with Crippen LogP contribution in [-0.4, -0.2) is 44.2 Å². The molecule has 6 heteroatoms. The molecule has 5 nitrogen and oxygen atoms in total. The van der Waals surface area contributed by atoms with Crippen molar-refractivity contribution in [3.8, 4) is 0 Å². The Bertz CT molecular complexity index is 730. The molecule has 1 aliphatic rings. The van der Waals surface area contributed by atoms with Gasteiger partial charge in [0.1, 0.15) is 0 Å². The van der Waals surface area contributed by atoms with Gasteiger partial charge in [0.25, 0.3) is 0 Å². The number of ether oxygens (including phenoxy) is 1. The fraction of sp³-hybridized carbons (Fsp3) is 0.625. The van der Waals surface area contributed by atoms with E-state index in [1.165, 1.54) is 25.3 Å². The maximum absolute atomic E-state index is 13.3. The standard InChI is InChI=1S/C24H39NO4S/c1-5-8-9-10-11-14-20-29-24(26)23(18-15-19-25(6-2)7-3)30(27,28)22-17-13-12-16-21(22)4/h12-13,15-19,21-22H,5-11,14,20H2,1-4H3/b19-15+,23-18+. The topological polar surface area (TPSA) is 63.7 Å². The smallest absolute Gasteiger partial charge is 0.349 e. The summed E-state index contributed by atoms with van der Waals surface area (Å²) in [5, 5.41) is -0.766. The van der Waals surface area contributed by atoms with Crippen LogP contribution in [0.4, 0.5) is 0 Å². The van der Waals surface area contributed by atoms with Gasteiger partial charge in [-0.1, -0.05) is 70.3 Å². The van der Waals surface area contributed by atoms with E-state index in [1.54, 1.807) is 24.4 Å². The van der Waals surface area contributed by atoms with Gasteiger partial charge in [-0.2, -0.15) is 0 Å². The summed E-state index contributed by atoms with van der Waals surface area (Å²) in [6, 6.07) is 0. The quantitative estimate of drug-likeness (QED) is 0.162. The van der Waals surface area contributed by atoms with E-state index in [1.807, 2.05) is 37.8 Å². The molecule has 30 heavy (non-hydrogen) atoms. The van der Waals surface area contributed by atoms with Crippen LogP contribution in [-0.2, 0) is 19.4 Å². The van der Waals surface area contributed by atoms with Gasteiger partial charge in [0.05, 0.1) is 11.9 Å². The molecule has 0 saturated carbocycles. The van der Waals surface area contributed by atoms with Crippen LogP contribution in [0.25, 0.3) is 0 Å². The fourth-order valence-electron chi connectivity index (χ4n) is 3.31. The molecule has 0 amide bonds. The number of hydrogen-bond donors (Lipinski definition) is 0. The number of hydrogen-bond acceptors (Lipinski definition) is 5. The van der Waals surface area contributed by atoms with Crippen molar-refractivity contribution < 1.29 is 17.9 Å². The second kappa shape index (κ2) is 14.2. The van der Waals surface area contributed by atoms with Gasteiger partial charge in [0, 0.05) is 13.1 Å². The molecule has 0 bridgehead atoms. The predicted molar refractivity (Wildman–Crippen MR) is 125 cm³/mol. The normalized spacial score (nSPS) is 19.4. The Kier molecular flexibility index (Phi) is 12.4. The summed E-state index contributed by atoms with van der Waals surface area (Å²) < 4.78 is 31.9. The van der Waals surface area contributed by atoms with Crippen LogP contribution in [0.1, 0.15) is 66.2 Å². The Morgan fingerprint density at radius 2 is 1.63 bits per heavy atom. The Morgan fingerprint density at radius 1 is 1.00 bits per heavy atom. The molecule has 0 saturated heterocycles. The zero-order valence-electron chi connectivity index (χ0n) is 19.0. The minimum atomic E-state index is -3.86. The van der Waals surface area contributed by atoms with Crippen molar-refractivity contribution in [2.45, 2.75) is 71.5 Å². The molecule has 0 aromatic carbocycles. The van der Waals surface area contributed by atoms with Crippen LogP contribution < -0.4 is 0 Å². The molecule has 0 spiro atoms. The summed E-state index contributed by atoms with van der Waals surface area (Å²) in [6.07, 6.45) is 18.3. The number of carbonyl (C=O) groups is 1. The number of carbonyl (C=O) groups excluding carboxylic acids is 1. The van der Waals surface area contributed by atoms with Crippen molar-refractivity contribution in [2.24, 2.45) is 5.92 Å². The van der Waals surface area contributed by atoms with Gasteiger partial charge in [-0.3, -0.25) is 0 Å². The minimum absolute atomic E-state index is 0.207. The summed E-state index contributed by atoms with van der Waals surface area (Å²) in [5.41, 5.74) is 0. The highest BCUT2D eigenvalue weighted by molar-refractivity contribution is 7.97. The van der Waals surface area contributed by atoms with Gasteiger partial charge in [0.2, 0.25) is 0 Å². The zero-order valence-corrected chi connectivity index (χ0v) is 19.9. The second-order valence-corrected chi connectivity index (χ2v) is 9.71. The lowest BCUT2D eigenvalue weighted by molar-refractivity contribution is -0.138. The van der Waals surface area contributed by atoms with Crippen molar-refractivity contribution in [3.05, 3.63) is 47.6 Å². The molecule has 0 aromatic rings. The van der Waals surface area contributed by atoms with Gasteiger partial charge in [-0.05, 0) is 44.5 Å². The van der Waals surface area contributed by atoms with E-state index in [0.29, 0.717) is 0 Å². The summed E-state index contributed by atoms with van der Waals surface area (Å²) in [5.74, 6) is -0.968. The predicted octanol–water partition coefficient (Wildman–Crippen LogP) is 5.18. The largest absolute Gasteiger partial charge is 0.462 e. The average molecular weight is 438 g/mol. The van der Waals surface area contributed by atoms with Crippen molar-refractivity contribution in [1.82, 2.24) is 4.90 Å². The third-order valence-electron chi connectivity index (χ3n) is 5.30. The van der Waals surface area contributed by atoms with Gasteiger partial charge in [0.15, 0.2) is 14.7 Å². The van der Waals surface area contributed by atoms with E-state index in [2.05, 4.69) is 6.92 Å². The lowest BCUT2D eigenvalue weighted by Crippen LogP contribution is -2.31. The summed E-state index contributed by atoms with van der Waals surface area (Å²) >= 11 is 0. The maximum atomic E-state index is 13.3. The van der Waals surface area contributed by atoms with Crippen LogP contribution >= 0.6 is 0 Å². The SMILES string of the molecule is CCCCCCCCOC(=O)/C(=C\C=C\N(CC)CC)S(=O)(=O)C1C=CC=CC1C. The molecule has 0 aromatic heterocycles. The Labute approximate surface area is 183 Å². The van der Waals surface area contributed by atoms with E-state index < -0.39 is 21.1 Å². The molecular formula is C24H39NO4S. The molecule has 0 N–H and O–H groups in total. The second-order valence-electron chi connectivity index (χ2n) is 7.64. The number of unbranched alkanes of at least 4 members (excludes halogenated alkanes) is 5. The van der Waals surface area contributed by atoms with Gasteiger partial charge >= 0.3 is 5.97 Å². The van der Waals surface area contributed by atoms with Crippen molar-refractivity contribution in [3.63, 3.8) is 0 Å². The van der Waals surface area contributed by atoms with Gasteiger partial charge < -0.3 is 9.64 Å². The van der Waals surface area contributed by atoms with Crippen LogP contribution in [0.15, 0.2) is 47.6 Å². The van der Waals surface area contributed by atoms with E-state index in [4.69, 9.17) is 4.74 Å². The number of esters is 1. The fourth-order valence-corrected chi connectivity index (χ4v) is 5.12. The number of allylic oxidation sites excluding steroid dienone is 5. The highest BCUT2D eigenvalue weighted by atomic mass is 32.2. The molecule has 0 aliphatic heterocycles.